The van der Waals surface area contributed by atoms with Crippen molar-refractivity contribution in [2.75, 3.05) is 18.4 Å². The zero-order valence-corrected chi connectivity index (χ0v) is 12.7. The Morgan fingerprint density at radius 2 is 2.16 bits per heavy atom. The summed E-state index contributed by atoms with van der Waals surface area (Å²) in [7, 11) is 0. The highest BCUT2D eigenvalue weighted by atomic mass is 79.9. The second-order valence-corrected chi connectivity index (χ2v) is 5.35. The van der Waals surface area contributed by atoms with Crippen LogP contribution in [0.3, 0.4) is 0 Å². The Morgan fingerprint density at radius 3 is 2.68 bits per heavy atom. The molecule has 0 aliphatic carbocycles. The van der Waals surface area contributed by atoms with Gasteiger partial charge in [0, 0.05) is 30.7 Å². The molecule has 1 aromatic rings. The summed E-state index contributed by atoms with van der Waals surface area (Å²) in [6.45, 7) is 3.73. The molecule has 0 amide bonds. The number of halogens is 4. The molecule has 0 bridgehead atoms. The van der Waals surface area contributed by atoms with Gasteiger partial charge < -0.3 is 0 Å². The molecule has 1 aromatic heterocycles. The van der Waals surface area contributed by atoms with E-state index in [2.05, 4.69) is 21.0 Å². The molecule has 110 valence electrons. The van der Waals surface area contributed by atoms with Gasteiger partial charge in [0.15, 0.2) is 0 Å². The van der Waals surface area contributed by atoms with E-state index < -0.39 is 12.7 Å². The molecule has 19 heavy (non-hydrogen) atoms. The number of hydrogen-bond acceptors (Lipinski definition) is 2. The minimum absolute atomic E-state index is 0.217. The third-order valence-electron chi connectivity index (χ3n) is 2.90. The molecule has 0 saturated carbocycles. The van der Waals surface area contributed by atoms with Crippen molar-refractivity contribution in [2.45, 2.75) is 39.0 Å². The van der Waals surface area contributed by atoms with Crippen molar-refractivity contribution in [3.63, 3.8) is 0 Å². The van der Waals surface area contributed by atoms with E-state index in [4.69, 9.17) is 0 Å². The van der Waals surface area contributed by atoms with Crippen molar-refractivity contribution >= 4 is 15.9 Å². The third-order valence-corrected chi connectivity index (χ3v) is 3.25. The first-order chi connectivity index (χ1) is 8.85. The molecule has 3 nitrogen and oxygen atoms in total. The normalized spacial score (nSPS) is 14.1. The lowest BCUT2D eigenvalue weighted by molar-refractivity contribution is -0.146. The van der Waals surface area contributed by atoms with E-state index in [1.807, 2.05) is 20.0 Å². The van der Waals surface area contributed by atoms with Gasteiger partial charge >= 0.3 is 6.18 Å². The maximum Gasteiger partial charge on any atom is 0.401 e. The van der Waals surface area contributed by atoms with Crippen LogP contribution in [0, 0.1) is 0 Å². The Morgan fingerprint density at radius 1 is 1.47 bits per heavy atom. The first-order valence-electron chi connectivity index (χ1n) is 6.24. The fraction of sp³-hybridized carbons (Fsp3) is 0.750. The van der Waals surface area contributed by atoms with Crippen LogP contribution in [-0.4, -0.2) is 39.3 Å². The predicted molar refractivity (Wildman–Crippen MR) is 72.4 cm³/mol. The average Bonchev–Trinajstić information content (AvgIpc) is 2.74. The fourth-order valence-electron chi connectivity index (χ4n) is 1.71. The largest absolute Gasteiger partial charge is 0.401 e. The molecule has 0 saturated heterocycles. The van der Waals surface area contributed by atoms with Gasteiger partial charge in [-0.15, -0.1) is 0 Å². The van der Waals surface area contributed by atoms with E-state index in [0.29, 0.717) is 17.6 Å². The van der Waals surface area contributed by atoms with E-state index in [1.54, 1.807) is 10.7 Å². The van der Waals surface area contributed by atoms with Gasteiger partial charge in [-0.05, 0) is 19.4 Å². The van der Waals surface area contributed by atoms with Crippen LogP contribution in [0.15, 0.2) is 12.3 Å². The highest BCUT2D eigenvalue weighted by Gasteiger charge is 2.30. The van der Waals surface area contributed by atoms with Gasteiger partial charge in [-0.25, -0.2) is 0 Å². The molecule has 1 rings (SSSR count). The number of nitrogens with zero attached hydrogens (tertiary/aromatic N) is 3. The van der Waals surface area contributed by atoms with Crippen molar-refractivity contribution < 1.29 is 13.2 Å². The molecule has 1 atom stereocenters. The molecule has 1 heterocycles. The molecule has 0 spiro atoms. The summed E-state index contributed by atoms with van der Waals surface area (Å²) >= 11 is 3.18. The molecule has 0 fully saturated rings. The minimum atomic E-state index is -4.18. The lowest BCUT2D eigenvalue weighted by Crippen LogP contribution is -2.35. The fourth-order valence-corrected chi connectivity index (χ4v) is 2.21. The topological polar surface area (TPSA) is 21.1 Å². The van der Waals surface area contributed by atoms with E-state index in [0.717, 1.165) is 6.42 Å². The van der Waals surface area contributed by atoms with Crippen molar-refractivity contribution in [3.05, 3.63) is 18.0 Å². The first-order valence-corrected chi connectivity index (χ1v) is 7.37. The Balaban J connectivity index is 2.65. The second-order valence-electron chi connectivity index (χ2n) is 4.56. The molecule has 0 N–H and O–H groups in total. The van der Waals surface area contributed by atoms with Crippen molar-refractivity contribution in [1.82, 2.24) is 14.7 Å². The van der Waals surface area contributed by atoms with Crippen LogP contribution in [0.1, 0.15) is 32.0 Å². The van der Waals surface area contributed by atoms with Crippen LogP contribution in [0.5, 0.6) is 0 Å². The van der Waals surface area contributed by atoms with Gasteiger partial charge in [0.2, 0.25) is 0 Å². The molecule has 0 aliphatic rings. The standard InChI is InChI=1S/C12H19BrF3N3/c1-3-10(2)19-6-4-11(17-19)8-18(7-5-13)9-12(14,15)16/h4,6,10H,3,5,7-9H2,1-2H3. The van der Waals surface area contributed by atoms with E-state index in [1.165, 1.54) is 4.90 Å². The summed E-state index contributed by atoms with van der Waals surface area (Å²) in [5.41, 5.74) is 0.672. The SMILES string of the molecule is CCC(C)n1ccc(CN(CCBr)CC(F)(F)F)n1. The van der Waals surface area contributed by atoms with E-state index in [-0.39, 0.29) is 12.6 Å². The molecule has 1 unspecified atom stereocenters. The summed E-state index contributed by atoms with van der Waals surface area (Å²) in [6, 6.07) is 2.05. The van der Waals surface area contributed by atoms with Crippen LogP contribution in [0.2, 0.25) is 0 Å². The van der Waals surface area contributed by atoms with Crippen molar-refractivity contribution in [3.8, 4) is 0 Å². The summed E-state index contributed by atoms with van der Waals surface area (Å²) in [5.74, 6) is 0. The monoisotopic (exact) mass is 341 g/mol. The second kappa shape index (κ2) is 7.28. The summed E-state index contributed by atoms with van der Waals surface area (Å²) in [5, 5.41) is 4.83. The molecular formula is C12H19BrF3N3. The molecule has 0 radical (unpaired) electrons. The van der Waals surface area contributed by atoms with Crippen LogP contribution in [0.25, 0.3) is 0 Å². The van der Waals surface area contributed by atoms with Gasteiger partial charge in [0.1, 0.15) is 0 Å². The number of hydrogen-bond donors (Lipinski definition) is 0. The Labute approximate surface area is 119 Å². The summed E-state index contributed by atoms with van der Waals surface area (Å²) in [6.07, 6.45) is -1.42. The molecule has 7 heteroatoms. The zero-order valence-electron chi connectivity index (χ0n) is 11.1. The van der Waals surface area contributed by atoms with Gasteiger partial charge in [-0.3, -0.25) is 9.58 Å². The van der Waals surface area contributed by atoms with Crippen molar-refractivity contribution in [2.24, 2.45) is 0 Å². The van der Waals surface area contributed by atoms with Gasteiger partial charge in [0.05, 0.1) is 12.2 Å². The minimum Gasteiger partial charge on any atom is -0.288 e. The van der Waals surface area contributed by atoms with E-state index >= 15 is 0 Å². The summed E-state index contributed by atoms with van der Waals surface area (Å²) in [4.78, 5) is 1.35. The van der Waals surface area contributed by atoms with Crippen LogP contribution >= 0.6 is 15.9 Å². The van der Waals surface area contributed by atoms with Gasteiger partial charge in [-0.2, -0.15) is 18.3 Å². The quantitative estimate of drug-likeness (QED) is 0.706. The lowest BCUT2D eigenvalue weighted by atomic mass is 10.3. The van der Waals surface area contributed by atoms with Crippen LogP contribution in [0.4, 0.5) is 13.2 Å². The highest BCUT2D eigenvalue weighted by molar-refractivity contribution is 9.09. The first kappa shape index (κ1) is 16.5. The van der Waals surface area contributed by atoms with Crippen LogP contribution in [-0.2, 0) is 6.54 Å². The highest BCUT2D eigenvalue weighted by Crippen LogP contribution is 2.18. The number of rotatable bonds is 7. The third kappa shape index (κ3) is 5.95. The number of aromatic nitrogens is 2. The maximum atomic E-state index is 12.4. The predicted octanol–water partition coefficient (Wildman–Crippen LogP) is 3.61. The lowest BCUT2D eigenvalue weighted by Gasteiger charge is -2.21. The zero-order chi connectivity index (χ0) is 14.5. The van der Waals surface area contributed by atoms with Crippen molar-refractivity contribution in [1.29, 1.82) is 0 Å². The van der Waals surface area contributed by atoms with Gasteiger partial charge in [-0.1, -0.05) is 22.9 Å². The smallest absolute Gasteiger partial charge is 0.288 e. The Bertz CT molecular complexity index is 379. The van der Waals surface area contributed by atoms with Gasteiger partial charge in [0.25, 0.3) is 0 Å². The summed E-state index contributed by atoms with van der Waals surface area (Å²) < 4.78 is 39.1. The number of alkyl halides is 4. The maximum absolute atomic E-state index is 12.4. The average molecular weight is 342 g/mol. The Hall–Kier alpha value is -0.560. The molecule has 0 aromatic carbocycles. The molecule has 0 aliphatic heterocycles. The molecular weight excluding hydrogens is 323 g/mol. The van der Waals surface area contributed by atoms with Crippen LogP contribution < -0.4 is 0 Å². The Kier molecular flexibility index (Phi) is 6.32. The van der Waals surface area contributed by atoms with E-state index in [9.17, 15) is 13.2 Å².